The van der Waals surface area contributed by atoms with Crippen LogP contribution in [0.4, 0.5) is 5.82 Å². The van der Waals surface area contributed by atoms with Crippen LogP contribution in [0.1, 0.15) is 49.9 Å². The van der Waals surface area contributed by atoms with E-state index in [0.29, 0.717) is 17.5 Å². The van der Waals surface area contributed by atoms with Gasteiger partial charge in [0.1, 0.15) is 5.82 Å². The Kier molecular flexibility index (Phi) is 4.99. The molecule has 1 fully saturated rings. The molecule has 1 N–H and O–H groups in total. The van der Waals surface area contributed by atoms with Crippen molar-refractivity contribution in [2.24, 2.45) is 5.92 Å². The second-order valence-corrected chi connectivity index (χ2v) is 5.71. The lowest BCUT2D eigenvalue weighted by Crippen LogP contribution is -2.42. The fraction of sp³-hybridized carbons (Fsp3) is 0.625. The average Bonchev–Trinajstić information content (AvgIpc) is 2.47. The number of hydrogen-bond acceptors (Lipinski definition) is 3. The summed E-state index contributed by atoms with van der Waals surface area (Å²) in [5.41, 5.74) is 0.673. The highest BCUT2D eigenvalue weighted by Gasteiger charge is 2.28. The number of anilines is 1. The van der Waals surface area contributed by atoms with Gasteiger partial charge in [0.2, 0.25) is 0 Å². The van der Waals surface area contributed by atoms with E-state index in [9.17, 15) is 4.79 Å². The van der Waals surface area contributed by atoms with Crippen molar-refractivity contribution in [1.29, 1.82) is 0 Å². The van der Waals surface area contributed by atoms with Crippen LogP contribution in [-0.4, -0.2) is 35.4 Å². The summed E-state index contributed by atoms with van der Waals surface area (Å²) in [7, 11) is 1.92. The molecule has 2 rings (SSSR count). The summed E-state index contributed by atoms with van der Waals surface area (Å²) in [5.74, 6) is 1.49. The van der Waals surface area contributed by atoms with Crippen LogP contribution in [0.5, 0.6) is 0 Å². The quantitative estimate of drug-likeness (QED) is 0.918. The van der Waals surface area contributed by atoms with Crippen molar-refractivity contribution < 1.29 is 4.79 Å². The maximum absolute atomic E-state index is 12.5. The molecule has 2 atom stereocenters. The number of amides is 1. The van der Waals surface area contributed by atoms with Crippen molar-refractivity contribution in [3.63, 3.8) is 0 Å². The highest BCUT2D eigenvalue weighted by molar-refractivity contribution is 5.94. The molecule has 4 heteroatoms. The third-order valence-corrected chi connectivity index (χ3v) is 4.25. The Labute approximate surface area is 121 Å². The van der Waals surface area contributed by atoms with Crippen LogP contribution in [0.3, 0.4) is 0 Å². The first kappa shape index (κ1) is 14.8. The Morgan fingerprint density at radius 1 is 1.40 bits per heavy atom. The number of nitrogens with zero attached hydrogens (tertiary/aromatic N) is 2. The highest BCUT2D eigenvalue weighted by atomic mass is 16.2. The van der Waals surface area contributed by atoms with E-state index in [-0.39, 0.29) is 5.91 Å². The van der Waals surface area contributed by atoms with E-state index < -0.39 is 0 Å². The molecule has 0 radical (unpaired) electrons. The van der Waals surface area contributed by atoms with Gasteiger partial charge in [-0.3, -0.25) is 4.79 Å². The van der Waals surface area contributed by atoms with Crippen LogP contribution in [0.2, 0.25) is 0 Å². The normalized spacial score (nSPS) is 22.4. The molecule has 4 nitrogen and oxygen atoms in total. The monoisotopic (exact) mass is 275 g/mol. The fourth-order valence-corrected chi connectivity index (χ4v) is 3.03. The van der Waals surface area contributed by atoms with E-state index >= 15 is 0 Å². The van der Waals surface area contributed by atoms with E-state index in [0.717, 1.165) is 18.8 Å². The molecule has 1 aromatic heterocycles. The van der Waals surface area contributed by atoms with Crippen molar-refractivity contribution >= 4 is 11.7 Å². The summed E-state index contributed by atoms with van der Waals surface area (Å²) in [6, 6.07) is 4.09. The number of hydrogen-bond donors (Lipinski definition) is 1. The zero-order valence-electron chi connectivity index (χ0n) is 12.7. The minimum atomic E-state index is 0.0827. The topological polar surface area (TPSA) is 45.2 Å². The molecule has 0 saturated heterocycles. The van der Waals surface area contributed by atoms with E-state index in [2.05, 4.69) is 17.2 Å². The van der Waals surface area contributed by atoms with Gasteiger partial charge in [-0.1, -0.05) is 19.8 Å². The van der Waals surface area contributed by atoms with Crippen molar-refractivity contribution in [3.8, 4) is 0 Å². The number of rotatable bonds is 4. The maximum atomic E-state index is 12.5. The molecule has 1 heterocycles. The third-order valence-electron chi connectivity index (χ3n) is 4.25. The van der Waals surface area contributed by atoms with Gasteiger partial charge in [0.05, 0.1) is 5.56 Å². The molecule has 1 saturated carbocycles. The number of carbonyl (C=O) groups is 1. The summed E-state index contributed by atoms with van der Waals surface area (Å²) >= 11 is 0. The molecule has 0 aromatic carbocycles. The molecule has 0 bridgehead atoms. The summed E-state index contributed by atoms with van der Waals surface area (Å²) in [6.07, 6.45) is 6.53. The lowest BCUT2D eigenvalue weighted by Gasteiger charge is -2.36. The predicted molar refractivity (Wildman–Crippen MR) is 81.9 cm³/mol. The Morgan fingerprint density at radius 2 is 2.15 bits per heavy atom. The van der Waals surface area contributed by atoms with Gasteiger partial charge in [0.15, 0.2) is 0 Å². The largest absolute Gasteiger partial charge is 0.370 e. The average molecular weight is 275 g/mol. The zero-order chi connectivity index (χ0) is 14.5. The number of carbonyl (C=O) groups excluding carboxylic acids is 1. The second kappa shape index (κ2) is 6.73. The SMILES string of the molecule is CCNc1ccc(C(=O)N(C)C2CCCCC2C)cn1. The molecule has 0 spiro atoms. The van der Waals surface area contributed by atoms with Crippen LogP contribution < -0.4 is 5.32 Å². The van der Waals surface area contributed by atoms with E-state index in [4.69, 9.17) is 0 Å². The van der Waals surface area contributed by atoms with Gasteiger partial charge in [0.25, 0.3) is 5.91 Å². The maximum Gasteiger partial charge on any atom is 0.255 e. The molecule has 0 aliphatic heterocycles. The lowest BCUT2D eigenvalue weighted by molar-refractivity contribution is 0.0628. The molecule has 1 aliphatic carbocycles. The molecule has 1 aliphatic rings. The smallest absolute Gasteiger partial charge is 0.255 e. The van der Waals surface area contributed by atoms with Gasteiger partial charge in [-0.15, -0.1) is 0 Å². The van der Waals surface area contributed by atoms with Crippen molar-refractivity contribution in [2.45, 2.75) is 45.6 Å². The summed E-state index contributed by atoms with van der Waals surface area (Å²) in [6.45, 7) is 5.11. The fourth-order valence-electron chi connectivity index (χ4n) is 3.03. The molecular weight excluding hydrogens is 250 g/mol. The Balaban J connectivity index is 2.05. The van der Waals surface area contributed by atoms with Crippen LogP contribution in [0.25, 0.3) is 0 Å². The molecule has 110 valence electrons. The van der Waals surface area contributed by atoms with Gasteiger partial charge in [-0.25, -0.2) is 4.98 Å². The first-order chi connectivity index (χ1) is 9.63. The van der Waals surface area contributed by atoms with Gasteiger partial charge < -0.3 is 10.2 Å². The van der Waals surface area contributed by atoms with E-state index in [1.807, 2.05) is 31.0 Å². The van der Waals surface area contributed by atoms with Gasteiger partial charge in [0, 0.05) is 25.8 Å². The Morgan fingerprint density at radius 3 is 2.75 bits per heavy atom. The Hall–Kier alpha value is -1.58. The molecular formula is C16H25N3O. The molecule has 20 heavy (non-hydrogen) atoms. The molecule has 2 unspecified atom stereocenters. The first-order valence-corrected chi connectivity index (χ1v) is 7.60. The van der Waals surface area contributed by atoms with E-state index in [1.54, 1.807) is 6.20 Å². The number of pyridine rings is 1. The zero-order valence-corrected chi connectivity index (χ0v) is 12.7. The summed E-state index contributed by atoms with van der Waals surface area (Å²) in [5, 5.41) is 3.14. The van der Waals surface area contributed by atoms with Gasteiger partial charge >= 0.3 is 0 Å². The van der Waals surface area contributed by atoms with Crippen molar-refractivity contribution in [2.75, 3.05) is 18.9 Å². The minimum Gasteiger partial charge on any atom is -0.370 e. The van der Waals surface area contributed by atoms with Crippen LogP contribution in [-0.2, 0) is 0 Å². The minimum absolute atomic E-state index is 0.0827. The Bertz CT molecular complexity index is 444. The van der Waals surface area contributed by atoms with Gasteiger partial charge in [-0.2, -0.15) is 0 Å². The molecule has 1 aromatic rings. The summed E-state index contributed by atoms with van der Waals surface area (Å²) < 4.78 is 0. The number of nitrogens with one attached hydrogen (secondary N) is 1. The van der Waals surface area contributed by atoms with Crippen LogP contribution in [0, 0.1) is 5.92 Å². The van der Waals surface area contributed by atoms with Crippen LogP contribution in [0.15, 0.2) is 18.3 Å². The first-order valence-electron chi connectivity index (χ1n) is 7.60. The van der Waals surface area contributed by atoms with Crippen LogP contribution >= 0.6 is 0 Å². The van der Waals surface area contributed by atoms with E-state index in [1.165, 1.54) is 19.3 Å². The standard InChI is InChI=1S/C16H25N3O/c1-4-17-15-10-9-13(11-18-15)16(20)19(3)14-8-6-5-7-12(14)2/h9-12,14H,4-8H2,1-3H3,(H,17,18). The summed E-state index contributed by atoms with van der Waals surface area (Å²) in [4.78, 5) is 18.7. The highest BCUT2D eigenvalue weighted by Crippen LogP contribution is 2.28. The van der Waals surface area contributed by atoms with Gasteiger partial charge in [-0.05, 0) is 37.8 Å². The lowest BCUT2D eigenvalue weighted by atomic mass is 9.85. The second-order valence-electron chi connectivity index (χ2n) is 5.71. The molecule has 1 amide bonds. The predicted octanol–water partition coefficient (Wildman–Crippen LogP) is 3.16. The van der Waals surface area contributed by atoms with Crippen molar-refractivity contribution in [3.05, 3.63) is 23.9 Å². The number of aromatic nitrogens is 1. The third kappa shape index (κ3) is 3.30. The van der Waals surface area contributed by atoms with Crippen molar-refractivity contribution in [1.82, 2.24) is 9.88 Å².